The molecule has 1 unspecified atom stereocenters. The monoisotopic (exact) mass is 294 g/mol. The fraction of sp³-hybridized carbons (Fsp3) is 0.429. The highest BCUT2D eigenvalue weighted by Crippen LogP contribution is 2.27. The van der Waals surface area contributed by atoms with Crippen LogP contribution in [0.4, 0.5) is 0 Å². The fourth-order valence-corrected chi connectivity index (χ4v) is 2.10. The van der Waals surface area contributed by atoms with E-state index in [-0.39, 0.29) is 6.04 Å². The van der Waals surface area contributed by atoms with Crippen molar-refractivity contribution in [2.45, 2.75) is 39.5 Å². The van der Waals surface area contributed by atoms with Gasteiger partial charge in [-0.2, -0.15) is 5.10 Å². The van der Waals surface area contributed by atoms with Crippen molar-refractivity contribution in [3.63, 3.8) is 0 Å². The summed E-state index contributed by atoms with van der Waals surface area (Å²) in [5.74, 6) is 1.42. The maximum atomic E-state index is 6.19. The van der Waals surface area contributed by atoms with E-state index in [1.807, 2.05) is 29.8 Å². The van der Waals surface area contributed by atoms with E-state index < -0.39 is 0 Å². The highest BCUT2D eigenvalue weighted by atomic mass is 35.5. The molecule has 0 aliphatic carbocycles. The summed E-state index contributed by atoms with van der Waals surface area (Å²) in [6.45, 7) is 5.18. The van der Waals surface area contributed by atoms with Crippen LogP contribution in [-0.2, 0) is 13.2 Å². The molecular weight excluding hydrogens is 276 g/mol. The van der Waals surface area contributed by atoms with Gasteiger partial charge in [0.05, 0.1) is 5.02 Å². The number of rotatable bonds is 6. The largest absolute Gasteiger partial charge is 0.484 e. The topological polar surface area (TPSA) is 66.0 Å². The van der Waals surface area contributed by atoms with Crippen LogP contribution in [0.5, 0.6) is 5.75 Å². The molecule has 5 nitrogen and oxygen atoms in total. The smallest absolute Gasteiger partial charge is 0.164 e. The molecule has 2 rings (SSSR count). The SMILES string of the molecule is CCCn1ncnc1COc1ccc(C(C)N)cc1Cl. The van der Waals surface area contributed by atoms with E-state index in [0.29, 0.717) is 17.4 Å². The fourth-order valence-electron chi connectivity index (χ4n) is 1.86. The second kappa shape index (κ2) is 6.72. The molecule has 20 heavy (non-hydrogen) atoms. The number of aryl methyl sites for hydroxylation is 1. The molecule has 1 aromatic carbocycles. The van der Waals surface area contributed by atoms with Crippen molar-refractivity contribution in [2.75, 3.05) is 0 Å². The zero-order chi connectivity index (χ0) is 14.5. The number of nitrogens with two attached hydrogens (primary N) is 1. The Balaban J connectivity index is 2.05. The Labute approximate surface area is 123 Å². The molecule has 2 N–H and O–H groups in total. The first kappa shape index (κ1) is 14.8. The van der Waals surface area contributed by atoms with Crippen LogP contribution in [0.15, 0.2) is 24.5 Å². The van der Waals surface area contributed by atoms with Gasteiger partial charge in [0.25, 0.3) is 0 Å². The predicted molar refractivity (Wildman–Crippen MR) is 78.7 cm³/mol. The molecule has 0 aliphatic rings. The van der Waals surface area contributed by atoms with Gasteiger partial charge >= 0.3 is 0 Å². The first-order valence-electron chi connectivity index (χ1n) is 6.66. The molecule has 1 heterocycles. The minimum Gasteiger partial charge on any atom is -0.484 e. The quantitative estimate of drug-likeness (QED) is 0.889. The summed E-state index contributed by atoms with van der Waals surface area (Å²) in [6.07, 6.45) is 2.54. The van der Waals surface area contributed by atoms with Crippen LogP contribution in [0.1, 0.15) is 37.7 Å². The highest BCUT2D eigenvalue weighted by molar-refractivity contribution is 6.32. The van der Waals surface area contributed by atoms with Crippen LogP contribution in [0, 0.1) is 0 Å². The number of nitrogens with zero attached hydrogens (tertiary/aromatic N) is 3. The highest BCUT2D eigenvalue weighted by Gasteiger charge is 2.08. The predicted octanol–water partition coefficient (Wildman–Crippen LogP) is 2.94. The average Bonchev–Trinajstić information content (AvgIpc) is 2.85. The standard InChI is InChI=1S/C14H19ClN4O/c1-3-6-19-14(17-9-18-19)8-20-13-5-4-11(10(2)16)7-12(13)15/h4-5,7,9-10H,3,6,8,16H2,1-2H3. The molecule has 1 aromatic heterocycles. The summed E-state index contributed by atoms with van der Waals surface area (Å²) >= 11 is 6.19. The van der Waals surface area contributed by atoms with Crippen LogP contribution in [0.25, 0.3) is 0 Å². The molecule has 0 amide bonds. The lowest BCUT2D eigenvalue weighted by atomic mass is 10.1. The maximum Gasteiger partial charge on any atom is 0.164 e. The van der Waals surface area contributed by atoms with Gasteiger partial charge in [-0.25, -0.2) is 9.67 Å². The third kappa shape index (κ3) is 3.49. The normalized spacial score (nSPS) is 12.4. The molecule has 0 radical (unpaired) electrons. The Bertz CT molecular complexity index is 568. The summed E-state index contributed by atoms with van der Waals surface area (Å²) in [7, 11) is 0. The lowest BCUT2D eigenvalue weighted by Crippen LogP contribution is -2.09. The van der Waals surface area contributed by atoms with Crippen molar-refractivity contribution < 1.29 is 4.74 Å². The van der Waals surface area contributed by atoms with Gasteiger partial charge in [0.2, 0.25) is 0 Å². The lowest BCUT2D eigenvalue weighted by molar-refractivity contribution is 0.286. The summed E-state index contributed by atoms with van der Waals surface area (Å²) in [5, 5.41) is 4.71. The lowest BCUT2D eigenvalue weighted by Gasteiger charge is -2.11. The third-order valence-electron chi connectivity index (χ3n) is 2.97. The molecule has 0 spiro atoms. The van der Waals surface area contributed by atoms with Crippen molar-refractivity contribution in [1.29, 1.82) is 0 Å². The van der Waals surface area contributed by atoms with Crippen molar-refractivity contribution in [1.82, 2.24) is 14.8 Å². The molecule has 0 aliphatic heterocycles. The van der Waals surface area contributed by atoms with Gasteiger partial charge in [0, 0.05) is 12.6 Å². The number of hydrogen-bond donors (Lipinski definition) is 1. The molecule has 0 fully saturated rings. The molecule has 6 heteroatoms. The average molecular weight is 295 g/mol. The second-order valence-corrected chi connectivity index (χ2v) is 5.07. The van der Waals surface area contributed by atoms with Gasteiger partial charge in [-0.1, -0.05) is 24.6 Å². The third-order valence-corrected chi connectivity index (χ3v) is 3.26. The summed E-state index contributed by atoms with van der Waals surface area (Å²) in [6, 6.07) is 5.54. The molecule has 0 saturated carbocycles. The number of aromatic nitrogens is 3. The van der Waals surface area contributed by atoms with E-state index in [2.05, 4.69) is 17.0 Å². The molecule has 0 bridgehead atoms. The Hall–Kier alpha value is -1.59. The van der Waals surface area contributed by atoms with E-state index in [0.717, 1.165) is 24.4 Å². The van der Waals surface area contributed by atoms with Crippen LogP contribution < -0.4 is 10.5 Å². The minimum atomic E-state index is -0.0470. The van der Waals surface area contributed by atoms with Gasteiger partial charge in [-0.3, -0.25) is 0 Å². The zero-order valence-electron chi connectivity index (χ0n) is 11.7. The Morgan fingerprint density at radius 1 is 1.45 bits per heavy atom. The first-order valence-corrected chi connectivity index (χ1v) is 7.04. The second-order valence-electron chi connectivity index (χ2n) is 4.67. The number of benzene rings is 1. The van der Waals surface area contributed by atoms with Gasteiger partial charge in [-0.05, 0) is 31.0 Å². The summed E-state index contributed by atoms with van der Waals surface area (Å²) in [5.41, 5.74) is 6.80. The molecule has 0 saturated heterocycles. The number of hydrogen-bond acceptors (Lipinski definition) is 4. The Morgan fingerprint density at radius 2 is 2.25 bits per heavy atom. The van der Waals surface area contributed by atoms with Crippen molar-refractivity contribution in [3.05, 3.63) is 40.9 Å². The van der Waals surface area contributed by atoms with Gasteiger partial charge in [-0.15, -0.1) is 0 Å². The van der Waals surface area contributed by atoms with Crippen LogP contribution in [0.3, 0.4) is 0 Å². The maximum absolute atomic E-state index is 6.19. The summed E-state index contributed by atoms with van der Waals surface area (Å²) < 4.78 is 7.54. The first-order chi connectivity index (χ1) is 9.61. The van der Waals surface area contributed by atoms with E-state index in [4.69, 9.17) is 22.1 Å². The van der Waals surface area contributed by atoms with Gasteiger partial charge < -0.3 is 10.5 Å². The number of halogens is 1. The van der Waals surface area contributed by atoms with Crippen LogP contribution >= 0.6 is 11.6 Å². The van der Waals surface area contributed by atoms with Gasteiger partial charge in [0.1, 0.15) is 18.7 Å². The van der Waals surface area contributed by atoms with E-state index >= 15 is 0 Å². The van der Waals surface area contributed by atoms with Gasteiger partial charge in [0.15, 0.2) is 5.82 Å². The van der Waals surface area contributed by atoms with E-state index in [1.54, 1.807) is 0 Å². The molecule has 2 aromatic rings. The Morgan fingerprint density at radius 3 is 2.90 bits per heavy atom. The zero-order valence-corrected chi connectivity index (χ0v) is 12.5. The molecule has 1 atom stereocenters. The van der Waals surface area contributed by atoms with Crippen LogP contribution in [0.2, 0.25) is 5.02 Å². The van der Waals surface area contributed by atoms with Crippen molar-refractivity contribution in [2.24, 2.45) is 5.73 Å². The van der Waals surface area contributed by atoms with Crippen molar-refractivity contribution >= 4 is 11.6 Å². The molecule has 108 valence electrons. The summed E-state index contributed by atoms with van der Waals surface area (Å²) in [4.78, 5) is 4.19. The van der Waals surface area contributed by atoms with Crippen molar-refractivity contribution in [3.8, 4) is 5.75 Å². The van der Waals surface area contributed by atoms with E-state index in [1.165, 1.54) is 6.33 Å². The Kier molecular flexibility index (Phi) is 4.98. The minimum absolute atomic E-state index is 0.0470. The van der Waals surface area contributed by atoms with Crippen LogP contribution in [-0.4, -0.2) is 14.8 Å². The molecular formula is C14H19ClN4O. The van der Waals surface area contributed by atoms with E-state index in [9.17, 15) is 0 Å². The number of ether oxygens (including phenoxy) is 1.